The minimum Gasteiger partial charge on any atom is -0.322 e. The molecule has 0 spiro atoms. The Morgan fingerprint density at radius 3 is 2.67 bits per heavy atom. The van der Waals surface area contributed by atoms with Crippen molar-refractivity contribution in [3.8, 4) is 0 Å². The molecule has 2 rings (SSSR count). The van der Waals surface area contributed by atoms with Crippen molar-refractivity contribution in [3.63, 3.8) is 0 Å². The van der Waals surface area contributed by atoms with E-state index in [1.54, 1.807) is 0 Å². The largest absolute Gasteiger partial charge is 0.322 e. The summed E-state index contributed by atoms with van der Waals surface area (Å²) in [6.45, 7) is 5.69. The highest BCUT2D eigenvalue weighted by Crippen LogP contribution is 2.20. The zero-order chi connectivity index (χ0) is 15.2. The van der Waals surface area contributed by atoms with Gasteiger partial charge in [0.05, 0.1) is 0 Å². The highest BCUT2D eigenvalue weighted by molar-refractivity contribution is 9.10. The quantitative estimate of drug-likeness (QED) is 0.854. The first-order valence-electron chi connectivity index (χ1n) is 6.98. The number of carbonyl (C=O) groups is 1. The number of carbonyl (C=O) groups excluding carboxylic acids is 1. The van der Waals surface area contributed by atoms with Crippen LogP contribution in [0.3, 0.4) is 0 Å². The van der Waals surface area contributed by atoms with Crippen molar-refractivity contribution in [2.75, 3.05) is 11.9 Å². The fourth-order valence-corrected chi connectivity index (χ4v) is 2.36. The van der Waals surface area contributed by atoms with Crippen LogP contribution in [0.25, 0.3) is 0 Å². The number of amides is 1. The van der Waals surface area contributed by atoms with Crippen LogP contribution < -0.4 is 10.6 Å². The number of benzene rings is 2. The van der Waals surface area contributed by atoms with E-state index in [1.807, 2.05) is 49.4 Å². The molecular formula is C17H19BrN2O. The first kappa shape index (κ1) is 15.7. The minimum atomic E-state index is -0.0975. The van der Waals surface area contributed by atoms with Crippen LogP contribution >= 0.6 is 15.9 Å². The summed E-state index contributed by atoms with van der Waals surface area (Å²) in [6.07, 6.45) is 0. The Kier molecular flexibility index (Phi) is 5.53. The van der Waals surface area contributed by atoms with E-state index in [2.05, 4.69) is 33.5 Å². The van der Waals surface area contributed by atoms with Crippen LogP contribution in [-0.4, -0.2) is 12.5 Å². The number of anilines is 1. The molecule has 1 amide bonds. The van der Waals surface area contributed by atoms with E-state index in [0.717, 1.165) is 34.4 Å². The average molecular weight is 347 g/mol. The highest BCUT2D eigenvalue weighted by Gasteiger charge is 2.09. The van der Waals surface area contributed by atoms with Crippen LogP contribution in [-0.2, 0) is 6.54 Å². The van der Waals surface area contributed by atoms with Crippen molar-refractivity contribution in [3.05, 3.63) is 63.6 Å². The van der Waals surface area contributed by atoms with E-state index in [0.29, 0.717) is 5.56 Å². The molecule has 0 saturated carbocycles. The van der Waals surface area contributed by atoms with Crippen LogP contribution in [0.2, 0.25) is 0 Å². The molecule has 0 radical (unpaired) electrons. The molecule has 0 heterocycles. The Balaban J connectivity index is 2.17. The van der Waals surface area contributed by atoms with Gasteiger partial charge in [-0.1, -0.05) is 47.1 Å². The first-order valence-corrected chi connectivity index (χ1v) is 7.77. The molecule has 0 aliphatic heterocycles. The summed E-state index contributed by atoms with van der Waals surface area (Å²) in [5, 5.41) is 6.26. The maximum atomic E-state index is 12.4. The van der Waals surface area contributed by atoms with Gasteiger partial charge in [-0.3, -0.25) is 4.79 Å². The van der Waals surface area contributed by atoms with Crippen molar-refractivity contribution in [2.24, 2.45) is 0 Å². The lowest BCUT2D eigenvalue weighted by Gasteiger charge is -2.12. The van der Waals surface area contributed by atoms with Gasteiger partial charge in [0, 0.05) is 22.3 Å². The van der Waals surface area contributed by atoms with E-state index in [1.165, 1.54) is 0 Å². The number of halogens is 1. The number of aryl methyl sites for hydroxylation is 1. The van der Waals surface area contributed by atoms with Crippen LogP contribution in [0, 0.1) is 6.92 Å². The van der Waals surface area contributed by atoms with Gasteiger partial charge in [0.15, 0.2) is 0 Å². The van der Waals surface area contributed by atoms with Crippen LogP contribution in [0.1, 0.15) is 28.4 Å². The molecule has 3 nitrogen and oxygen atoms in total. The highest BCUT2D eigenvalue weighted by atomic mass is 79.9. The monoisotopic (exact) mass is 346 g/mol. The van der Waals surface area contributed by atoms with Gasteiger partial charge in [0.25, 0.3) is 5.91 Å². The smallest absolute Gasteiger partial charge is 0.255 e. The Labute approximate surface area is 133 Å². The summed E-state index contributed by atoms with van der Waals surface area (Å²) in [5.74, 6) is -0.0975. The van der Waals surface area contributed by atoms with E-state index < -0.39 is 0 Å². The summed E-state index contributed by atoms with van der Waals surface area (Å²) < 4.78 is 0.941. The summed E-state index contributed by atoms with van der Waals surface area (Å²) in [5.41, 5.74) is 3.68. The van der Waals surface area contributed by atoms with Crippen molar-refractivity contribution in [1.29, 1.82) is 0 Å². The van der Waals surface area contributed by atoms with Gasteiger partial charge in [-0.2, -0.15) is 0 Å². The van der Waals surface area contributed by atoms with E-state index in [9.17, 15) is 4.79 Å². The Morgan fingerprint density at radius 2 is 1.95 bits per heavy atom. The second-order valence-electron chi connectivity index (χ2n) is 4.86. The maximum absolute atomic E-state index is 12.4. The van der Waals surface area contributed by atoms with Gasteiger partial charge in [-0.15, -0.1) is 0 Å². The third-order valence-electron chi connectivity index (χ3n) is 3.27. The molecule has 2 N–H and O–H groups in total. The standard InChI is InChI=1S/C17H19BrN2O/c1-3-19-11-14-6-4-5-7-16(14)20-17(21)13-9-8-12(2)15(18)10-13/h4-10,19H,3,11H2,1-2H3,(H,20,21). The van der Waals surface area contributed by atoms with Crippen LogP contribution in [0.5, 0.6) is 0 Å². The number of hydrogen-bond donors (Lipinski definition) is 2. The average Bonchev–Trinajstić information content (AvgIpc) is 2.49. The lowest BCUT2D eigenvalue weighted by molar-refractivity contribution is 0.102. The number of hydrogen-bond acceptors (Lipinski definition) is 2. The van der Waals surface area contributed by atoms with Gasteiger partial charge < -0.3 is 10.6 Å². The zero-order valence-corrected chi connectivity index (χ0v) is 13.8. The lowest BCUT2D eigenvalue weighted by atomic mass is 10.1. The topological polar surface area (TPSA) is 41.1 Å². The summed E-state index contributed by atoms with van der Waals surface area (Å²) in [4.78, 5) is 12.4. The predicted octanol–water partition coefficient (Wildman–Crippen LogP) is 4.12. The Bertz CT molecular complexity index is 640. The molecule has 0 aromatic heterocycles. The van der Waals surface area contributed by atoms with Gasteiger partial charge in [0.2, 0.25) is 0 Å². The number of para-hydroxylation sites is 1. The van der Waals surface area contributed by atoms with Gasteiger partial charge >= 0.3 is 0 Å². The van der Waals surface area contributed by atoms with Crippen molar-refractivity contribution >= 4 is 27.5 Å². The predicted molar refractivity (Wildman–Crippen MR) is 90.7 cm³/mol. The molecule has 21 heavy (non-hydrogen) atoms. The second kappa shape index (κ2) is 7.38. The third kappa shape index (κ3) is 4.16. The fraction of sp³-hybridized carbons (Fsp3) is 0.235. The van der Waals surface area contributed by atoms with Crippen molar-refractivity contribution < 1.29 is 4.79 Å². The fourth-order valence-electron chi connectivity index (χ4n) is 1.98. The summed E-state index contributed by atoms with van der Waals surface area (Å²) >= 11 is 3.46. The SMILES string of the molecule is CCNCc1ccccc1NC(=O)c1ccc(C)c(Br)c1. The van der Waals surface area contributed by atoms with Crippen molar-refractivity contribution in [2.45, 2.75) is 20.4 Å². The second-order valence-corrected chi connectivity index (χ2v) is 5.71. The van der Waals surface area contributed by atoms with Gasteiger partial charge in [-0.25, -0.2) is 0 Å². The van der Waals surface area contributed by atoms with Crippen LogP contribution in [0.15, 0.2) is 46.9 Å². The van der Waals surface area contributed by atoms with E-state index >= 15 is 0 Å². The van der Waals surface area contributed by atoms with Gasteiger partial charge in [-0.05, 0) is 42.8 Å². The molecule has 0 unspecified atom stereocenters. The molecule has 0 aliphatic rings. The molecule has 4 heteroatoms. The molecule has 0 bridgehead atoms. The van der Waals surface area contributed by atoms with E-state index in [-0.39, 0.29) is 5.91 Å². The molecule has 0 saturated heterocycles. The summed E-state index contributed by atoms with van der Waals surface area (Å²) in [6, 6.07) is 13.5. The Hall–Kier alpha value is -1.65. The molecular weight excluding hydrogens is 328 g/mol. The molecule has 2 aromatic carbocycles. The maximum Gasteiger partial charge on any atom is 0.255 e. The van der Waals surface area contributed by atoms with Gasteiger partial charge in [0.1, 0.15) is 0 Å². The molecule has 0 aliphatic carbocycles. The third-order valence-corrected chi connectivity index (χ3v) is 4.12. The zero-order valence-electron chi connectivity index (χ0n) is 12.2. The van der Waals surface area contributed by atoms with E-state index in [4.69, 9.17) is 0 Å². The van der Waals surface area contributed by atoms with Crippen LogP contribution in [0.4, 0.5) is 5.69 Å². The molecule has 0 fully saturated rings. The number of rotatable bonds is 5. The Morgan fingerprint density at radius 1 is 1.19 bits per heavy atom. The lowest BCUT2D eigenvalue weighted by Crippen LogP contribution is -2.17. The summed E-state index contributed by atoms with van der Waals surface area (Å²) in [7, 11) is 0. The normalized spacial score (nSPS) is 10.4. The molecule has 0 atom stereocenters. The first-order chi connectivity index (χ1) is 10.1. The minimum absolute atomic E-state index is 0.0975. The number of nitrogens with one attached hydrogen (secondary N) is 2. The van der Waals surface area contributed by atoms with Crippen molar-refractivity contribution in [1.82, 2.24) is 5.32 Å². The molecule has 110 valence electrons. The molecule has 2 aromatic rings.